The highest BCUT2D eigenvalue weighted by Gasteiger charge is 2.07. The number of benzene rings is 1. The summed E-state index contributed by atoms with van der Waals surface area (Å²) in [5.74, 6) is 0. The van der Waals surface area contributed by atoms with E-state index in [0.29, 0.717) is 0 Å². The van der Waals surface area contributed by atoms with Crippen molar-refractivity contribution in [3.05, 3.63) is 34.9 Å². The minimum absolute atomic E-state index is 0.263. The highest BCUT2D eigenvalue weighted by Crippen LogP contribution is 2.21. The summed E-state index contributed by atoms with van der Waals surface area (Å²) in [7, 11) is 0. The van der Waals surface area contributed by atoms with Crippen LogP contribution in [0.25, 0.3) is 0 Å². The Bertz CT molecular complexity index is 304. The first-order valence-electron chi connectivity index (χ1n) is 5.81. The Kier molecular flexibility index (Phi) is 6.46. The molecule has 2 nitrogen and oxygen atoms in total. The van der Waals surface area contributed by atoms with Crippen LogP contribution in [-0.2, 0) is 4.74 Å². The average Bonchev–Trinajstić information content (AvgIpc) is 2.29. The molecule has 1 aromatic rings. The van der Waals surface area contributed by atoms with Gasteiger partial charge in [-0.3, -0.25) is 0 Å². The zero-order valence-corrected chi connectivity index (χ0v) is 10.8. The zero-order chi connectivity index (χ0) is 11.8. The highest BCUT2D eigenvalue weighted by molar-refractivity contribution is 6.31. The zero-order valence-electron chi connectivity index (χ0n) is 10.0. The van der Waals surface area contributed by atoms with Crippen LogP contribution in [-0.4, -0.2) is 19.8 Å². The summed E-state index contributed by atoms with van der Waals surface area (Å²) in [5, 5.41) is 4.21. The molecule has 0 radical (unpaired) electrons. The molecule has 1 N–H and O–H groups in total. The van der Waals surface area contributed by atoms with Gasteiger partial charge in [0, 0.05) is 24.2 Å². The lowest BCUT2D eigenvalue weighted by atomic mass is 10.1. The van der Waals surface area contributed by atoms with Gasteiger partial charge < -0.3 is 10.1 Å². The predicted octanol–water partition coefficient (Wildman–Crippen LogP) is 3.42. The molecule has 16 heavy (non-hydrogen) atoms. The molecule has 0 aromatic heterocycles. The molecule has 0 amide bonds. The number of hydrogen-bond donors (Lipinski definition) is 1. The predicted molar refractivity (Wildman–Crippen MR) is 69.0 cm³/mol. The Hall–Kier alpha value is -0.570. The lowest BCUT2D eigenvalue weighted by molar-refractivity contribution is 0.135. The van der Waals surface area contributed by atoms with Crippen LogP contribution in [0.4, 0.5) is 0 Å². The van der Waals surface area contributed by atoms with Crippen molar-refractivity contribution in [2.75, 3.05) is 19.8 Å². The van der Waals surface area contributed by atoms with Crippen molar-refractivity contribution in [2.24, 2.45) is 0 Å². The van der Waals surface area contributed by atoms with Gasteiger partial charge in [0.25, 0.3) is 0 Å². The summed E-state index contributed by atoms with van der Waals surface area (Å²) in [5.41, 5.74) is 1.14. The maximum atomic E-state index is 6.11. The molecular formula is C13H20ClNO. The second-order valence-corrected chi connectivity index (χ2v) is 4.22. The minimum Gasteiger partial charge on any atom is -0.380 e. The van der Waals surface area contributed by atoms with Crippen molar-refractivity contribution in [3.8, 4) is 0 Å². The molecule has 0 saturated heterocycles. The monoisotopic (exact) mass is 241 g/mol. The van der Waals surface area contributed by atoms with Gasteiger partial charge in [-0.05, 0) is 25.0 Å². The van der Waals surface area contributed by atoms with Crippen LogP contribution in [0.5, 0.6) is 0 Å². The van der Waals surface area contributed by atoms with Gasteiger partial charge in [-0.25, -0.2) is 0 Å². The van der Waals surface area contributed by atoms with Crippen LogP contribution in [0.15, 0.2) is 24.3 Å². The van der Waals surface area contributed by atoms with Gasteiger partial charge in [0.15, 0.2) is 0 Å². The third kappa shape index (κ3) is 4.52. The highest BCUT2D eigenvalue weighted by atomic mass is 35.5. The van der Waals surface area contributed by atoms with E-state index in [1.807, 2.05) is 24.3 Å². The van der Waals surface area contributed by atoms with E-state index < -0.39 is 0 Å². The fraction of sp³-hybridized carbons (Fsp3) is 0.538. The fourth-order valence-electron chi connectivity index (χ4n) is 1.53. The second-order valence-electron chi connectivity index (χ2n) is 3.81. The largest absolute Gasteiger partial charge is 0.380 e. The van der Waals surface area contributed by atoms with Crippen LogP contribution >= 0.6 is 11.6 Å². The Morgan fingerprint density at radius 2 is 2.06 bits per heavy atom. The number of hydrogen-bond acceptors (Lipinski definition) is 2. The Balaban J connectivity index is 2.30. The van der Waals surface area contributed by atoms with Gasteiger partial charge in [-0.1, -0.05) is 36.7 Å². The van der Waals surface area contributed by atoms with Gasteiger partial charge in [-0.15, -0.1) is 0 Å². The summed E-state index contributed by atoms with van der Waals surface area (Å²) in [6.45, 7) is 6.66. The summed E-state index contributed by atoms with van der Waals surface area (Å²) in [6, 6.07) is 8.18. The van der Waals surface area contributed by atoms with E-state index in [0.717, 1.165) is 36.8 Å². The summed E-state index contributed by atoms with van der Waals surface area (Å²) >= 11 is 6.11. The lowest BCUT2D eigenvalue weighted by Gasteiger charge is -2.15. The standard InChI is InChI=1S/C13H20ClNO/c1-3-9-16-10-8-15-11(2)12-6-4-5-7-13(12)14/h4-7,11,15H,3,8-10H2,1-2H3/t11-/m0/s1. The van der Waals surface area contributed by atoms with E-state index in [2.05, 4.69) is 19.2 Å². The Labute approximate surface area is 103 Å². The quantitative estimate of drug-likeness (QED) is 0.739. The molecule has 0 aliphatic rings. The molecule has 1 atom stereocenters. The fourth-order valence-corrected chi connectivity index (χ4v) is 1.83. The Morgan fingerprint density at radius 1 is 1.31 bits per heavy atom. The molecule has 0 fully saturated rings. The third-order valence-electron chi connectivity index (χ3n) is 2.42. The molecule has 90 valence electrons. The van der Waals surface area contributed by atoms with E-state index in [-0.39, 0.29) is 6.04 Å². The molecule has 1 aromatic carbocycles. The molecular weight excluding hydrogens is 222 g/mol. The topological polar surface area (TPSA) is 21.3 Å². The van der Waals surface area contributed by atoms with Crippen molar-refractivity contribution in [1.82, 2.24) is 5.32 Å². The smallest absolute Gasteiger partial charge is 0.0591 e. The van der Waals surface area contributed by atoms with Gasteiger partial charge in [0.2, 0.25) is 0 Å². The number of rotatable bonds is 7. The first-order chi connectivity index (χ1) is 7.75. The summed E-state index contributed by atoms with van der Waals surface area (Å²) in [6.07, 6.45) is 1.07. The number of nitrogens with one attached hydrogen (secondary N) is 1. The van der Waals surface area contributed by atoms with Gasteiger partial charge in [0.05, 0.1) is 6.61 Å². The van der Waals surface area contributed by atoms with Crippen molar-refractivity contribution in [1.29, 1.82) is 0 Å². The van der Waals surface area contributed by atoms with Crippen LogP contribution in [0.3, 0.4) is 0 Å². The van der Waals surface area contributed by atoms with Crippen molar-refractivity contribution < 1.29 is 4.74 Å². The molecule has 0 spiro atoms. The van der Waals surface area contributed by atoms with Crippen molar-refractivity contribution >= 4 is 11.6 Å². The molecule has 1 rings (SSSR count). The van der Waals surface area contributed by atoms with Gasteiger partial charge in [-0.2, -0.15) is 0 Å². The third-order valence-corrected chi connectivity index (χ3v) is 2.76. The Morgan fingerprint density at radius 3 is 2.75 bits per heavy atom. The molecule has 0 bridgehead atoms. The molecule has 0 aliphatic carbocycles. The SMILES string of the molecule is CCCOCCN[C@@H](C)c1ccccc1Cl. The molecule has 3 heteroatoms. The maximum absolute atomic E-state index is 6.11. The van der Waals surface area contributed by atoms with Crippen LogP contribution in [0, 0.1) is 0 Å². The van der Waals surface area contributed by atoms with E-state index >= 15 is 0 Å². The van der Waals surface area contributed by atoms with E-state index in [9.17, 15) is 0 Å². The van der Waals surface area contributed by atoms with Crippen LogP contribution in [0.2, 0.25) is 5.02 Å². The summed E-state index contributed by atoms with van der Waals surface area (Å²) in [4.78, 5) is 0. The molecule has 0 unspecified atom stereocenters. The minimum atomic E-state index is 0.263. The maximum Gasteiger partial charge on any atom is 0.0591 e. The van der Waals surface area contributed by atoms with Crippen LogP contribution < -0.4 is 5.32 Å². The van der Waals surface area contributed by atoms with E-state index in [1.54, 1.807) is 0 Å². The van der Waals surface area contributed by atoms with Crippen molar-refractivity contribution in [2.45, 2.75) is 26.3 Å². The molecule has 0 heterocycles. The van der Waals surface area contributed by atoms with E-state index in [1.165, 1.54) is 0 Å². The van der Waals surface area contributed by atoms with E-state index in [4.69, 9.17) is 16.3 Å². The molecule has 0 saturated carbocycles. The number of halogens is 1. The average molecular weight is 242 g/mol. The lowest BCUT2D eigenvalue weighted by Crippen LogP contribution is -2.23. The summed E-state index contributed by atoms with van der Waals surface area (Å²) < 4.78 is 5.40. The van der Waals surface area contributed by atoms with Crippen molar-refractivity contribution in [3.63, 3.8) is 0 Å². The normalized spacial score (nSPS) is 12.7. The molecule has 0 aliphatic heterocycles. The number of ether oxygens (including phenoxy) is 1. The van der Waals surface area contributed by atoms with Gasteiger partial charge >= 0.3 is 0 Å². The second kappa shape index (κ2) is 7.66. The van der Waals surface area contributed by atoms with Gasteiger partial charge in [0.1, 0.15) is 0 Å². The first kappa shape index (κ1) is 13.5. The van der Waals surface area contributed by atoms with Crippen LogP contribution in [0.1, 0.15) is 31.9 Å². The first-order valence-corrected chi connectivity index (χ1v) is 6.19.